The number of methoxy groups -OCH3 is 1. The lowest BCUT2D eigenvalue weighted by Crippen LogP contribution is -2.12. The molecule has 20 heavy (non-hydrogen) atoms. The molecule has 0 saturated heterocycles. The van der Waals surface area contributed by atoms with Crippen molar-refractivity contribution in [2.24, 2.45) is 0 Å². The number of nitrogens with one attached hydrogen (secondary N) is 1. The predicted octanol–water partition coefficient (Wildman–Crippen LogP) is 2.46. The molecule has 0 bridgehead atoms. The van der Waals surface area contributed by atoms with E-state index in [-0.39, 0.29) is 12.5 Å². The second-order valence-corrected chi connectivity index (χ2v) is 4.98. The quantitative estimate of drug-likeness (QED) is 0.888. The van der Waals surface area contributed by atoms with Crippen molar-refractivity contribution in [1.29, 1.82) is 0 Å². The highest BCUT2D eigenvalue weighted by molar-refractivity contribution is 7.12. The standard InChI is InChI=1S/C14H16N2O3S/c1-3-11-13(20-8-15-11)14(18)16-10-4-5-12(19-2)9(6-10)7-17/h4-6,8,17H,3,7H2,1-2H3,(H,16,18). The number of thiazole rings is 1. The lowest BCUT2D eigenvalue weighted by Gasteiger charge is -2.10. The number of aryl methyl sites for hydroxylation is 1. The molecule has 1 amide bonds. The molecule has 0 unspecified atom stereocenters. The molecule has 106 valence electrons. The molecule has 0 radical (unpaired) electrons. The second-order valence-electron chi connectivity index (χ2n) is 4.12. The van der Waals surface area contributed by atoms with Gasteiger partial charge in [-0.2, -0.15) is 0 Å². The number of hydrogen-bond acceptors (Lipinski definition) is 5. The van der Waals surface area contributed by atoms with E-state index in [4.69, 9.17) is 4.74 Å². The van der Waals surface area contributed by atoms with Gasteiger partial charge in [-0.1, -0.05) is 6.92 Å². The Labute approximate surface area is 121 Å². The highest BCUT2D eigenvalue weighted by Gasteiger charge is 2.14. The number of nitrogens with zero attached hydrogens (tertiary/aromatic N) is 1. The van der Waals surface area contributed by atoms with E-state index in [0.717, 1.165) is 12.1 Å². The zero-order chi connectivity index (χ0) is 14.5. The first-order chi connectivity index (χ1) is 9.69. The topological polar surface area (TPSA) is 71.5 Å². The molecule has 0 fully saturated rings. The fourth-order valence-corrected chi connectivity index (χ4v) is 2.65. The number of aliphatic hydroxyl groups is 1. The highest BCUT2D eigenvalue weighted by Crippen LogP contribution is 2.23. The van der Waals surface area contributed by atoms with Crippen LogP contribution in [0.5, 0.6) is 5.75 Å². The summed E-state index contributed by atoms with van der Waals surface area (Å²) >= 11 is 1.32. The summed E-state index contributed by atoms with van der Waals surface area (Å²) in [5.74, 6) is 0.413. The number of aliphatic hydroxyl groups excluding tert-OH is 1. The summed E-state index contributed by atoms with van der Waals surface area (Å²) in [4.78, 5) is 17.0. The van der Waals surface area contributed by atoms with Crippen molar-refractivity contribution in [3.8, 4) is 5.75 Å². The van der Waals surface area contributed by atoms with Crippen LogP contribution < -0.4 is 10.1 Å². The van der Waals surface area contributed by atoms with E-state index in [9.17, 15) is 9.90 Å². The Kier molecular flexibility index (Phi) is 4.70. The largest absolute Gasteiger partial charge is 0.496 e. The van der Waals surface area contributed by atoms with Crippen LogP contribution >= 0.6 is 11.3 Å². The minimum absolute atomic E-state index is 0.145. The third-order valence-corrected chi connectivity index (χ3v) is 3.76. The van der Waals surface area contributed by atoms with Crippen molar-refractivity contribution in [3.05, 3.63) is 39.8 Å². The maximum Gasteiger partial charge on any atom is 0.267 e. The van der Waals surface area contributed by atoms with E-state index >= 15 is 0 Å². The highest BCUT2D eigenvalue weighted by atomic mass is 32.1. The molecule has 2 rings (SSSR count). The Morgan fingerprint density at radius 2 is 2.30 bits per heavy atom. The Bertz CT molecular complexity index is 610. The zero-order valence-electron chi connectivity index (χ0n) is 11.3. The van der Waals surface area contributed by atoms with Crippen LogP contribution in [0.1, 0.15) is 27.9 Å². The molecule has 1 heterocycles. The monoisotopic (exact) mass is 292 g/mol. The second kappa shape index (κ2) is 6.49. The number of aromatic nitrogens is 1. The molecule has 2 N–H and O–H groups in total. The minimum atomic E-state index is -0.182. The average molecular weight is 292 g/mol. The van der Waals surface area contributed by atoms with Crippen molar-refractivity contribution < 1.29 is 14.6 Å². The van der Waals surface area contributed by atoms with Gasteiger partial charge in [0.05, 0.1) is 24.9 Å². The molecule has 0 atom stereocenters. The van der Waals surface area contributed by atoms with E-state index in [0.29, 0.717) is 21.9 Å². The number of hydrogen-bond donors (Lipinski definition) is 2. The van der Waals surface area contributed by atoms with Crippen LogP contribution in [0.25, 0.3) is 0 Å². The molecule has 5 nitrogen and oxygen atoms in total. The first kappa shape index (κ1) is 14.5. The SMILES string of the molecule is CCc1ncsc1C(=O)Nc1ccc(OC)c(CO)c1. The Morgan fingerprint density at radius 1 is 1.50 bits per heavy atom. The van der Waals surface area contributed by atoms with Crippen molar-refractivity contribution in [2.45, 2.75) is 20.0 Å². The van der Waals surface area contributed by atoms with E-state index < -0.39 is 0 Å². The van der Waals surface area contributed by atoms with Crippen molar-refractivity contribution in [3.63, 3.8) is 0 Å². The van der Waals surface area contributed by atoms with Gasteiger partial charge in [-0.25, -0.2) is 4.98 Å². The maximum absolute atomic E-state index is 12.2. The Balaban J connectivity index is 2.20. The molecule has 0 saturated carbocycles. The van der Waals surface area contributed by atoms with Gasteiger partial charge in [0.25, 0.3) is 5.91 Å². The van der Waals surface area contributed by atoms with Gasteiger partial charge in [-0.3, -0.25) is 4.79 Å². The minimum Gasteiger partial charge on any atom is -0.496 e. The zero-order valence-corrected chi connectivity index (χ0v) is 12.2. The number of carbonyl (C=O) groups excluding carboxylic acids is 1. The molecule has 1 aromatic heterocycles. The summed E-state index contributed by atoms with van der Waals surface area (Å²) in [7, 11) is 1.54. The van der Waals surface area contributed by atoms with E-state index in [2.05, 4.69) is 10.3 Å². The molecule has 0 aliphatic rings. The summed E-state index contributed by atoms with van der Waals surface area (Å²) < 4.78 is 5.12. The van der Waals surface area contributed by atoms with E-state index in [1.165, 1.54) is 18.4 Å². The van der Waals surface area contributed by atoms with Gasteiger partial charge in [-0.05, 0) is 24.6 Å². The maximum atomic E-state index is 12.2. The van der Waals surface area contributed by atoms with Gasteiger partial charge >= 0.3 is 0 Å². The van der Waals surface area contributed by atoms with Crippen LogP contribution in [0.2, 0.25) is 0 Å². The van der Waals surface area contributed by atoms with Gasteiger partial charge in [-0.15, -0.1) is 11.3 Å². The van der Waals surface area contributed by atoms with Crippen LogP contribution in [0.4, 0.5) is 5.69 Å². The molecule has 0 aliphatic carbocycles. The van der Waals surface area contributed by atoms with Crippen LogP contribution in [-0.4, -0.2) is 23.1 Å². The van der Waals surface area contributed by atoms with Crippen molar-refractivity contribution in [1.82, 2.24) is 4.98 Å². The van der Waals surface area contributed by atoms with Gasteiger partial charge in [0.2, 0.25) is 0 Å². The number of anilines is 1. The van der Waals surface area contributed by atoms with Crippen molar-refractivity contribution >= 4 is 22.9 Å². The van der Waals surface area contributed by atoms with E-state index in [1.807, 2.05) is 6.92 Å². The summed E-state index contributed by atoms with van der Waals surface area (Å²) in [5, 5.41) is 12.1. The van der Waals surface area contributed by atoms with Gasteiger partial charge in [0, 0.05) is 11.3 Å². The Morgan fingerprint density at radius 3 is 2.95 bits per heavy atom. The average Bonchev–Trinajstić information content (AvgIpc) is 2.95. The molecular formula is C14H16N2O3S. The predicted molar refractivity (Wildman–Crippen MR) is 78.4 cm³/mol. The third kappa shape index (κ3) is 2.97. The smallest absolute Gasteiger partial charge is 0.267 e. The molecule has 1 aromatic carbocycles. The number of benzene rings is 1. The first-order valence-corrected chi connectivity index (χ1v) is 7.09. The van der Waals surface area contributed by atoms with Crippen LogP contribution in [0.3, 0.4) is 0 Å². The fraction of sp³-hybridized carbons (Fsp3) is 0.286. The normalized spacial score (nSPS) is 10.3. The Hall–Kier alpha value is -1.92. The summed E-state index contributed by atoms with van der Waals surface area (Å²) in [5.41, 5.74) is 3.71. The van der Waals surface area contributed by atoms with Crippen LogP contribution in [0.15, 0.2) is 23.7 Å². The summed E-state index contributed by atoms with van der Waals surface area (Å²) in [6.45, 7) is 1.82. The molecule has 2 aromatic rings. The van der Waals surface area contributed by atoms with Crippen molar-refractivity contribution in [2.75, 3.05) is 12.4 Å². The van der Waals surface area contributed by atoms with Gasteiger partial charge in [0.15, 0.2) is 0 Å². The summed E-state index contributed by atoms with van der Waals surface area (Å²) in [6, 6.07) is 5.15. The number of carbonyl (C=O) groups is 1. The number of ether oxygens (including phenoxy) is 1. The molecule has 0 aliphatic heterocycles. The summed E-state index contributed by atoms with van der Waals surface area (Å²) in [6.07, 6.45) is 0.719. The fourth-order valence-electron chi connectivity index (χ4n) is 1.87. The van der Waals surface area contributed by atoms with Gasteiger partial charge in [0.1, 0.15) is 10.6 Å². The number of amides is 1. The van der Waals surface area contributed by atoms with Gasteiger partial charge < -0.3 is 15.2 Å². The first-order valence-electron chi connectivity index (χ1n) is 6.21. The molecule has 0 spiro atoms. The molecular weight excluding hydrogens is 276 g/mol. The van der Waals surface area contributed by atoms with E-state index in [1.54, 1.807) is 23.7 Å². The lowest BCUT2D eigenvalue weighted by molar-refractivity contribution is 0.102. The lowest BCUT2D eigenvalue weighted by atomic mass is 10.2. The van der Waals surface area contributed by atoms with Crippen LogP contribution in [0, 0.1) is 0 Å². The van der Waals surface area contributed by atoms with Crippen LogP contribution in [-0.2, 0) is 13.0 Å². The number of rotatable bonds is 5. The molecule has 6 heteroatoms. The third-order valence-electron chi connectivity index (χ3n) is 2.89.